The maximum atomic E-state index is 11.7. The molecule has 0 unspecified atom stereocenters. The third kappa shape index (κ3) is 5.46. The molecule has 1 saturated carbocycles. The number of amides is 2. The van der Waals surface area contributed by atoms with Gasteiger partial charge >= 0.3 is 12.0 Å². The molecule has 3 N–H and O–H groups in total. The van der Waals surface area contributed by atoms with E-state index in [4.69, 9.17) is 9.84 Å². The molecule has 110 valence electrons. The Labute approximate surface area is 113 Å². The van der Waals surface area contributed by atoms with Gasteiger partial charge in [0.2, 0.25) is 0 Å². The molecule has 0 spiro atoms. The topological polar surface area (TPSA) is 87.7 Å². The Morgan fingerprint density at radius 3 is 2.58 bits per heavy atom. The van der Waals surface area contributed by atoms with Crippen LogP contribution in [0.15, 0.2) is 0 Å². The minimum Gasteiger partial charge on any atom is -0.481 e. The molecule has 0 bridgehead atoms. The highest BCUT2D eigenvalue weighted by Gasteiger charge is 2.30. The van der Waals surface area contributed by atoms with Gasteiger partial charge in [-0.3, -0.25) is 4.79 Å². The van der Waals surface area contributed by atoms with E-state index in [0.717, 1.165) is 6.42 Å². The third-order valence-corrected chi connectivity index (χ3v) is 3.33. The van der Waals surface area contributed by atoms with Crippen molar-refractivity contribution in [3.05, 3.63) is 0 Å². The normalized spacial score (nSPS) is 23.1. The third-order valence-electron chi connectivity index (χ3n) is 3.33. The molecule has 0 aromatic carbocycles. The van der Waals surface area contributed by atoms with Crippen LogP contribution in [0, 0.1) is 5.92 Å². The second kappa shape index (κ2) is 6.75. The first-order valence-electron chi connectivity index (χ1n) is 6.75. The first-order chi connectivity index (χ1) is 8.84. The number of carbonyl (C=O) groups is 2. The van der Waals surface area contributed by atoms with Gasteiger partial charge in [-0.2, -0.15) is 0 Å². The molecule has 6 heteroatoms. The predicted molar refractivity (Wildman–Crippen MR) is 71.0 cm³/mol. The molecule has 1 aliphatic carbocycles. The van der Waals surface area contributed by atoms with Crippen molar-refractivity contribution >= 4 is 12.0 Å². The van der Waals surface area contributed by atoms with Gasteiger partial charge in [0.1, 0.15) is 0 Å². The van der Waals surface area contributed by atoms with Crippen LogP contribution in [0.1, 0.15) is 40.0 Å². The van der Waals surface area contributed by atoms with E-state index in [1.807, 2.05) is 20.8 Å². The standard InChI is InChI=1S/C13H24N2O4/c1-4-19-13(2,3)8-14-12(18)15-10-6-5-9(7-10)11(16)17/h9-10H,4-8H2,1-3H3,(H,16,17)(H2,14,15,18)/t9-,10+/m1/s1. The first kappa shape index (κ1) is 15.8. The zero-order valence-electron chi connectivity index (χ0n) is 11.9. The minimum atomic E-state index is -0.776. The molecule has 1 rings (SSSR count). The Balaban J connectivity index is 2.27. The van der Waals surface area contributed by atoms with Gasteiger partial charge in [0.15, 0.2) is 0 Å². The lowest BCUT2D eigenvalue weighted by molar-refractivity contribution is -0.141. The van der Waals surface area contributed by atoms with Crippen LogP contribution in [-0.4, -0.2) is 41.9 Å². The molecular formula is C13H24N2O4. The molecular weight excluding hydrogens is 248 g/mol. The highest BCUT2D eigenvalue weighted by molar-refractivity contribution is 5.75. The summed E-state index contributed by atoms with van der Waals surface area (Å²) < 4.78 is 5.48. The number of hydrogen-bond donors (Lipinski definition) is 3. The quantitative estimate of drug-likeness (QED) is 0.681. The largest absolute Gasteiger partial charge is 0.481 e. The van der Waals surface area contributed by atoms with Gasteiger partial charge in [-0.05, 0) is 40.0 Å². The Bertz CT molecular complexity index is 331. The SMILES string of the molecule is CCOC(C)(C)CNC(=O)N[C@H]1CC[C@@H](C(=O)O)C1. The van der Waals surface area contributed by atoms with E-state index in [-0.39, 0.29) is 18.0 Å². The van der Waals surface area contributed by atoms with Crippen LogP contribution in [0.3, 0.4) is 0 Å². The summed E-state index contributed by atoms with van der Waals surface area (Å²) in [4.78, 5) is 22.5. The number of nitrogens with one attached hydrogen (secondary N) is 2. The minimum absolute atomic E-state index is 0.0451. The van der Waals surface area contributed by atoms with Gasteiger partial charge in [-0.15, -0.1) is 0 Å². The van der Waals surface area contributed by atoms with Gasteiger partial charge in [0.05, 0.1) is 11.5 Å². The van der Waals surface area contributed by atoms with Crippen LogP contribution in [0.4, 0.5) is 4.79 Å². The van der Waals surface area contributed by atoms with Crippen molar-refractivity contribution in [1.29, 1.82) is 0 Å². The van der Waals surface area contributed by atoms with Crippen LogP contribution >= 0.6 is 0 Å². The van der Waals surface area contributed by atoms with Crippen molar-refractivity contribution in [2.24, 2.45) is 5.92 Å². The smallest absolute Gasteiger partial charge is 0.315 e. The fourth-order valence-corrected chi connectivity index (χ4v) is 2.31. The zero-order chi connectivity index (χ0) is 14.5. The average molecular weight is 272 g/mol. The van der Waals surface area contributed by atoms with E-state index >= 15 is 0 Å². The van der Waals surface area contributed by atoms with Crippen LogP contribution in [-0.2, 0) is 9.53 Å². The number of urea groups is 1. The van der Waals surface area contributed by atoms with E-state index in [9.17, 15) is 9.59 Å². The monoisotopic (exact) mass is 272 g/mol. The number of ether oxygens (including phenoxy) is 1. The lowest BCUT2D eigenvalue weighted by Gasteiger charge is -2.25. The van der Waals surface area contributed by atoms with Crippen molar-refractivity contribution in [3.63, 3.8) is 0 Å². The summed E-state index contributed by atoms with van der Waals surface area (Å²) in [6.45, 7) is 6.74. The van der Waals surface area contributed by atoms with Crippen LogP contribution in [0.25, 0.3) is 0 Å². The first-order valence-corrected chi connectivity index (χ1v) is 6.75. The summed E-state index contributed by atoms with van der Waals surface area (Å²) in [5, 5.41) is 14.5. The molecule has 0 aromatic rings. The highest BCUT2D eigenvalue weighted by Crippen LogP contribution is 2.25. The molecule has 2 amide bonds. The lowest BCUT2D eigenvalue weighted by atomic mass is 10.1. The molecule has 6 nitrogen and oxygen atoms in total. The van der Waals surface area contributed by atoms with E-state index in [0.29, 0.717) is 26.0 Å². The van der Waals surface area contributed by atoms with Crippen molar-refractivity contribution in [1.82, 2.24) is 10.6 Å². The summed E-state index contributed by atoms with van der Waals surface area (Å²) in [6, 6.07) is -0.305. The summed E-state index contributed by atoms with van der Waals surface area (Å²) in [6.07, 6.45) is 1.86. The molecule has 0 radical (unpaired) electrons. The maximum absolute atomic E-state index is 11.7. The molecule has 0 heterocycles. The fourth-order valence-electron chi connectivity index (χ4n) is 2.31. The summed E-state index contributed by atoms with van der Waals surface area (Å²) in [5.41, 5.74) is -0.397. The number of carboxylic acid groups (broad SMARTS) is 1. The lowest BCUT2D eigenvalue weighted by Crippen LogP contribution is -2.47. The Kier molecular flexibility index (Phi) is 5.60. The van der Waals surface area contributed by atoms with Crippen molar-refractivity contribution in [2.75, 3.05) is 13.2 Å². The fraction of sp³-hybridized carbons (Fsp3) is 0.846. The number of hydrogen-bond acceptors (Lipinski definition) is 3. The Morgan fingerprint density at radius 2 is 2.05 bits per heavy atom. The van der Waals surface area contributed by atoms with Gasteiger partial charge in [-0.25, -0.2) is 4.79 Å². The molecule has 1 fully saturated rings. The van der Waals surface area contributed by atoms with Gasteiger partial charge in [0, 0.05) is 19.2 Å². The zero-order valence-corrected chi connectivity index (χ0v) is 11.9. The summed E-state index contributed by atoms with van der Waals surface area (Å²) in [7, 11) is 0. The van der Waals surface area contributed by atoms with Crippen LogP contribution in [0.5, 0.6) is 0 Å². The molecule has 0 aliphatic heterocycles. The summed E-state index contributed by atoms with van der Waals surface area (Å²) >= 11 is 0. The van der Waals surface area contributed by atoms with Crippen molar-refractivity contribution in [2.45, 2.75) is 51.7 Å². The van der Waals surface area contributed by atoms with Gasteiger partial charge in [0.25, 0.3) is 0 Å². The summed E-state index contributed by atoms with van der Waals surface area (Å²) in [5.74, 6) is -1.10. The van der Waals surface area contributed by atoms with Gasteiger partial charge < -0.3 is 20.5 Å². The van der Waals surface area contributed by atoms with Crippen molar-refractivity contribution in [3.8, 4) is 0 Å². The van der Waals surface area contributed by atoms with Gasteiger partial charge in [-0.1, -0.05) is 0 Å². The maximum Gasteiger partial charge on any atom is 0.315 e. The van der Waals surface area contributed by atoms with Crippen molar-refractivity contribution < 1.29 is 19.4 Å². The molecule has 0 aromatic heterocycles. The average Bonchev–Trinajstić information content (AvgIpc) is 2.75. The molecule has 19 heavy (non-hydrogen) atoms. The number of carboxylic acids is 1. The van der Waals surface area contributed by atoms with Crippen LogP contribution in [0.2, 0.25) is 0 Å². The Hall–Kier alpha value is -1.30. The van der Waals surface area contributed by atoms with E-state index < -0.39 is 11.6 Å². The number of aliphatic carboxylic acids is 1. The predicted octanol–water partition coefficient (Wildman–Crippen LogP) is 1.35. The highest BCUT2D eigenvalue weighted by atomic mass is 16.5. The number of carbonyl (C=O) groups excluding carboxylic acids is 1. The molecule has 1 aliphatic rings. The molecule has 0 saturated heterocycles. The molecule has 2 atom stereocenters. The van der Waals surface area contributed by atoms with E-state index in [1.54, 1.807) is 0 Å². The second-order valence-corrected chi connectivity index (χ2v) is 5.56. The van der Waals surface area contributed by atoms with E-state index in [1.165, 1.54) is 0 Å². The second-order valence-electron chi connectivity index (χ2n) is 5.56. The number of rotatable bonds is 6. The Morgan fingerprint density at radius 1 is 1.37 bits per heavy atom. The van der Waals surface area contributed by atoms with E-state index in [2.05, 4.69) is 10.6 Å². The van der Waals surface area contributed by atoms with Crippen LogP contribution < -0.4 is 10.6 Å².